The van der Waals surface area contributed by atoms with Crippen LogP contribution in [-0.4, -0.2) is 0 Å². The monoisotopic (exact) mass is 147 g/mol. The molecule has 2 atom stereocenters. The van der Waals surface area contributed by atoms with Crippen LogP contribution < -0.4 is 0 Å². The summed E-state index contributed by atoms with van der Waals surface area (Å²) in [6, 6.07) is 0. The van der Waals surface area contributed by atoms with Gasteiger partial charge in [0.25, 0.3) is 0 Å². The Labute approximate surface area is 70.5 Å². The number of hydrogen-bond donors (Lipinski definition) is 0. The summed E-state index contributed by atoms with van der Waals surface area (Å²) in [5.41, 5.74) is 0. The molecule has 0 aliphatic heterocycles. The Bertz CT molecular complexity index is 76.2. The molecule has 0 aromatic heterocycles. The Morgan fingerprint density at radius 2 is 2.20 bits per heavy atom. The van der Waals surface area contributed by atoms with E-state index >= 15 is 0 Å². The van der Waals surface area contributed by atoms with E-state index in [1.807, 2.05) is 0 Å². The van der Waals surface area contributed by atoms with Crippen LogP contribution in [0.5, 0.6) is 0 Å². The molecule has 64 valence electrons. The second-order valence-corrected chi connectivity index (χ2v) is 3.55. The van der Waals surface area contributed by atoms with Gasteiger partial charge in [-0.15, -0.1) is 0 Å². The van der Waals surface area contributed by atoms with Gasteiger partial charge in [-0.1, -0.05) is 53.4 Å². The number of rotatable bonds is 5. The van der Waals surface area contributed by atoms with Gasteiger partial charge in [0.15, 0.2) is 0 Å². The molecular weight excluding hydrogens is 120 g/mol. The molecule has 10 heavy (non-hydrogen) atoms. The molecule has 0 saturated carbocycles. The third-order valence-corrected chi connectivity index (χ3v) is 2.09. The van der Waals surface area contributed by atoms with Gasteiger partial charge in [0, 0.05) is 4.34 Å². The van der Waals surface area contributed by atoms with E-state index in [-0.39, 0.29) is 0 Å². The molecule has 0 heterocycles. The third kappa shape index (κ3) is 6.12. The highest BCUT2D eigenvalue weighted by atomic mass is 14.0. The van der Waals surface area contributed by atoms with E-state index < -0.39 is 0 Å². The fourth-order valence-corrected chi connectivity index (χ4v) is 1.02. The van der Waals surface area contributed by atoms with Crippen LogP contribution in [0.1, 0.15) is 57.7 Å². The molecule has 0 aromatic rings. The van der Waals surface area contributed by atoms with Crippen molar-refractivity contribution in [3.8, 4) is 0 Å². The standard InChI is InChI=1S/C10H22.H2/c1-5-10(4)8-6-7-9(2)3;/h9-10H,5-8H2,1-4H3;1H/i2D;1+1D. The van der Waals surface area contributed by atoms with Crippen LogP contribution in [0, 0.1) is 11.8 Å². The zero-order chi connectivity index (χ0) is 10.7. The molecule has 0 spiro atoms. The van der Waals surface area contributed by atoms with E-state index in [0.717, 1.165) is 5.92 Å². The minimum Gasteiger partial charge on any atom is -0.0651 e. The smallest absolute Gasteiger partial charge is 0.0233 e. The van der Waals surface area contributed by atoms with Gasteiger partial charge in [0.05, 0.1) is 0 Å². The molecule has 0 nitrogen and oxygen atoms in total. The molecule has 0 aliphatic carbocycles. The molecule has 0 amide bonds. The number of hydrogen-bond acceptors (Lipinski definition) is 0. The first-order valence-electron chi connectivity index (χ1n) is 6.20. The topological polar surface area (TPSA) is 0 Å². The van der Waals surface area contributed by atoms with Crippen molar-refractivity contribution in [2.24, 2.45) is 11.8 Å². The van der Waals surface area contributed by atoms with Crippen LogP contribution >= 0.6 is 0 Å². The van der Waals surface area contributed by atoms with E-state index in [4.69, 9.17) is 4.34 Å². The summed E-state index contributed by atoms with van der Waals surface area (Å²) in [4.78, 5) is 0. The predicted molar refractivity (Wildman–Crippen MR) is 50.3 cm³/mol. The van der Waals surface area contributed by atoms with E-state index in [1.165, 1.54) is 25.7 Å². The molecular formula is C10H24. The van der Waals surface area contributed by atoms with Crippen LogP contribution in [0.15, 0.2) is 0 Å². The maximum atomic E-state index is 7.14. The van der Waals surface area contributed by atoms with Crippen LogP contribution in [0.2, 0.25) is 0 Å². The van der Waals surface area contributed by atoms with Crippen molar-refractivity contribution in [2.45, 2.75) is 53.4 Å². The zero-order valence-corrected chi connectivity index (χ0v) is 7.69. The Balaban J connectivity index is 0. The first kappa shape index (κ1) is 6.69. The second kappa shape index (κ2) is 5.76. The van der Waals surface area contributed by atoms with Gasteiger partial charge in [-0.3, -0.25) is 0 Å². The van der Waals surface area contributed by atoms with Gasteiger partial charge in [0.2, 0.25) is 0 Å². The van der Waals surface area contributed by atoms with E-state index in [2.05, 4.69) is 20.8 Å². The molecule has 0 radical (unpaired) electrons. The minimum atomic E-state index is 0.598. The van der Waals surface area contributed by atoms with Gasteiger partial charge in [0.1, 0.15) is 0 Å². The molecule has 0 heteroatoms. The fraction of sp³-hybridized carbons (Fsp3) is 1.00. The minimum absolute atomic E-state index is 0.598. The Hall–Kier alpha value is 0. The van der Waals surface area contributed by atoms with Crippen molar-refractivity contribution in [3.05, 3.63) is 0 Å². The molecule has 0 fully saturated rings. The normalized spacial score (nSPS) is 18.9. The maximum absolute atomic E-state index is 7.14. The van der Waals surface area contributed by atoms with Crippen molar-refractivity contribution in [1.29, 1.82) is 0 Å². The van der Waals surface area contributed by atoms with Crippen molar-refractivity contribution < 1.29 is 4.34 Å². The Morgan fingerprint density at radius 3 is 2.70 bits per heavy atom. The Kier molecular flexibility index (Phi) is 3.86. The lowest BCUT2D eigenvalue weighted by Crippen LogP contribution is -1.94. The van der Waals surface area contributed by atoms with Gasteiger partial charge in [-0.25, -0.2) is 0 Å². The summed E-state index contributed by atoms with van der Waals surface area (Å²) in [6.45, 7) is 7.33. The lowest BCUT2D eigenvalue weighted by atomic mass is 9.98. The maximum Gasteiger partial charge on any atom is 0.0233 e. The molecule has 0 saturated heterocycles. The molecule has 2 unspecified atom stereocenters. The summed E-state index contributed by atoms with van der Waals surface area (Å²) in [7, 11) is 0. The molecule has 0 rings (SSSR count). The van der Waals surface area contributed by atoms with Crippen LogP contribution in [0.25, 0.3) is 0 Å². The molecule has 0 bridgehead atoms. The van der Waals surface area contributed by atoms with Gasteiger partial charge < -0.3 is 0 Å². The van der Waals surface area contributed by atoms with Gasteiger partial charge >= 0.3 is 0 Å². The average Bonchev–Trinajstić information content (AvgIpc) is 2.20. The first-order valence-corrected chi connectivity index (χ1v) is 4.49. The molecule has 0 aliphatic rings. The van der Waals surface area contributed by atoms with Crippen molar-refractivity contribution in [1.82, 2.24) is 0 Å². The van der Waals surface area contributed by atoms with Crippen molar-refractivity contribution in [2.75, 3.05) is 0 Å². The third-order valence-electron chi connectivity index (χ3n) is 2.09. The van der Waals surface area contributed by atoms with E-state index in [1.54, 1.807) is 0 Å². The van der Waals surface area contributed by atoms with Crippen LogP contribution in [0.3, 0.4) is 0 Å². The van der Waals surface area contributed by atoms with Crippen LogP contribution in [-0.2, 0) is 0 Å². The lowest BCUT2D eigenvalue weighted by molar-refractivity contribution is 0.449. The van der Waals surface area contributed by atoms with Crippen LogP contribution in [0.4, 0.5) is 0 Å². The van der Waals surface area contributed by atoms with Gasteiger partial charge in [-0.05, 0) is 11.8 Å². The average molecular weight is 147 g/mol. The highest BCUT2D eigenvalue weighted by molar-refractivity contribution is 4.52. The predicted octanol–water partition coefficient (Wildman–Crippen LogP) is 4.10. The highest BCUT2D eigenvalue weighted by Crippen LogP contribution is 2.14. The molecule has 0 N–H and O–H groups in total. The summed E-state index contributed by atoms with van der Waals surface area (Å²) >= 11 is 0. The highest BCUT2D eigenvalue weighted by Gasteiger charge is 1.99. The Morgan fingerprint density at radius 1 is 1.50 bits per heavy atom. The lowest BCUT2D eigenvalue weighted by Gasteiger charge is -2.08. The summed E-state index contributed by atoms with van der Waals surface area (Å²) in [5, 5.41) is 0. The summed E-state index contributed by atoms with van der Waals surface area (Å²) < 4.78 is 17.1. The summed E-state index contributed by atoms with van der Waals surface area (Å²) in [6.07, 6.45) is 5.21. The zero-order valence-electron chi connectivity index (χ0n) is 10.7. The quantitative estimate of drug-likeness (QED) is 0.549. The van der Waals surface area contributed by atoms with E-state index in [9.17, 15) is 0 Å². The second-order valence-electron chi connectivity index (χ2n) is 3.55. The first-order chi connectivity index (χ1) is 6.20. The van der Waals surface area contributed by atoms with Crippen molar-refractivity contribution in [3.63, 3.8) is 0 Å². The SMILES string of the molecule is [2H]CC(C)CCCC(C)CC.[2H][2H]. The van der Waals surface area contributed by atoms with Gasteiger partial charge in [-0.2, -0.15) is 0 Å². The largest absolute Gasteiger partial charge is 0.0651 e. The molecule has 0 aromatic carbocycles. The van der Waals surface area contributed by atoms with Crippen molar-refractivity contribution >= 4 is 0 Å². The summed E-state index contributed by atoms with van der Waals surface area (Å²) in [5.74, 6) is 1.49. The van der Waals surface area contributed by atoms with E-state index in [0.29, 0.717) is 12.8 Å². The fourth-order valence-electron chi connectivity index (χ4n) is 1.02.